The number of hydrogen-bond donors (Lipinski definition) is 1. The molecule has 48 valence electrons. The van der Waals surface area contributed by atoms with E-state index in [2.05, 4.69) is 0 Å². The first kappa shape index (κ1) is 5.95. The minimum absolute atomic E-state index is 0.0500. The van der Waals surface area contributed by atoms with Crippen molar-refractivity contribution in [3.05, 3.63) is 0 Å². The summed E-state index contributed by atoms with van der Waals surface area (Å²) in [5.74, 6) is -0.398. The van der Waals surface area contributed by atoms with Crippen LogP contribution in [0, 0.1) is 5.92 Å². The molecule has 0 saturated heterocycles. The van der Waals surface area contributed by atoms with Gasteiger partial charge in [0.05, 0.1) is 0 Å². The highest BCUT2D eigenvalue weighted by molar-refractivity contribution is 4.83. The maximum atomic E-state index is 11.6. The molecule has 0 aromatic carbocycles. The molecule has 1 aliphatic rings. The molecule has 0 bridgehead atoms. The van der Waals surface area contributed by atoms with Gasteiger partial charge in [-0.15, -0.1) is 0 Å². The molecule has 0 amide bonds. The van der Waals surface area contributed by atoms with Crippen LogP contribution >= 0.6 is 0 Å². The zero-order chi connectivity index (χ0) is 6.15. The van der Waals surface area contributed by atoms with Gasteiger partial charge in [0, 0.05) is 12.0 Å². The van der Waals surface area contributed by atoms with Crippen molar-refractivity contribution >= 4 is 0 Å². The summed E-state index contributed by atoms with van der Waals surface area (Å²) in [5, 5.41) is 0. The second-order valence-corrected chi connectivity index (χ2v) is 2.33. The van der Waals surface area contributed by atoms with E-state index in [1.807, 2.05) is 0 Å². The minimum atomic E-state index is -2.14. The molecule has 0 atom stereocenters. The number of halogens is 2. The molecule has 0 aliphatic heterocycles. The van der Waals surface area contributed by atoms with Crippen LogP contribution in [0.2, 0.25) is 0 Å². The second-order valence-electron chi connectivity index (χ2n) is 2.33. The molecule has 1 rings (SSSR count). The third kappa shape index (κ3) is 0.968. The van der Waals surface area contributed by atoms with Crippen LogP contribution < -0.4 is 5.73 Å². The molecule has 2 N–H and O–H groups in total. The first-order chi connectivity index (χ1) is 3.70. The summed E-state index contributed by atoms with van der Waals surface area (Å²) in [6.07, 6.45) is -1.12. The maximum Gasteiger partial charge on any atom is 0.241 e. The van der Waals surface area contributed by atoms with Gasteiger partial charge in [-0.2, -0.15) is 0 Å². The molecule has 0 aromatic heterocycles. The van der Waals surface area contributed by atoms with Crippen LogP contribution in [0.1, 0.15) is 12.8 Å². The topological polar surface area (TPSA) is 26.0 Å². The Balaban J connectivity index is 2.15. The van der Waals surface area contributed by atoms with Crippen molar-refractivity contribution in [2.24, 2.45) is 11.7 Å². The molecule has 0 radical (unpaired) electrons. The molecule has 3 heteroatoms. The lowest BCUT2D eigenvalue weighted by Crippen LogP contribution is -2.39. The third-order valence-corrected chi connectivity index (χ3v) is 1.57. The number of hydrogen-bond acceptors (Lipinski definition) is 1. The fraction of sp³-hybridized carbons (Fsp3) is 1.00. The van der Waals surface area contributed by atoms with Crippen LogP contribution in [0.4, 0.5) is 8.78 Å². The van der Waals surface area contributed by atoms with Crippen LogP contribution in [-0.4, -0.2) is 12.5 Å². The Labute approximate surface area is 46.9 Å². The van der Waals surface area contributed by atoms with E-state index in [0.717, 1.165) is 0 Å². The fourth-order valence-electron chi connectivity index (χ4n) is 0.914. The Morgan fingerprint density at radius 1 is 1.38 bits per heavy atom. The van der Waals surface area contributed by atoms with Gasteiger partial charge in [-0.3, -0.25) is 0 Å². The average molecular weight is 121 g/mol. The first-order valence-electron chi connectivity index (χ1n) is 2.74. The summed E-state index contributed by atoms with van der Waals surface area (Å²) in [6.45, 7) is 0. The van der Waals surface area contributed by atoms with Crippen LogP contribution in [0.25, 0.3) is 0 Å². The highest BCUT2D eigenvalue weighted by atomic mass is 19.3. The predicted octanol–water partition coefficient (Wildman–Crippen LogP) is 0.989. The normalized spacial score (nSPS) is 37.5. The van der Waals surface area contributed by atoms with E-state index in [0.29, 0.717) is 12.8 Å². The number of nitrogens with two attached hydrogens (primary N) is 1. The summed E-state index contributed by atoms with van der Waals surface area (Å²) >= 11 is 0. The van der Waals surface area contributed by atoms with Crippen molar-refractivity contribution in [3.8, 4) is 0 Å². The van der Waals surface area contributed by atoms with Gasteiger partial charge in [0.2, 0.25) is 6.43 Å². The molecule has 1 aliphatic carbocycles. The molecule has 8 heavy (non-hydrogen) atoms. The maximum absolute atomic E-state index is 11.6. The monoisotopic (exact) mass is 121 g/mol. The Kier molecular flexibility index (Phi) is 1.47. The molecular formula is C5H9F2N. The van der Waals surface area contributed by atoms with Crippen LogP contribution in [0.15, 0.2) is 0 Å². The van der Waals surface area contributed by atoms with Crippen molar-refractivity contribution in [1.82, 2.24) is 0 Å². The average Bonchev–Trinajstić information content (AvgIpc) is 1.57. The summed E-state index contributed by atoms with van der Waals surface area (Å²) in [6, 6.07) is 0.0500. The number of rotatable bonds is 1. The van der Waals surface area contributed by atoms with Gasteiger partial charge >= 0.3 is 0 Å². The SMILES string of the molecule is N[C@H]1C[C@H](C(F)F)C1. The standard InChI is InChI=1S/C5H9F2N/c6-5(7)3-1-4(8)2-3/h3-5H,1-2,8H2/t3-,4-. The van der Waals surface area contributed by atoms with E-state index in [1.165, 1.54) is 0 Å². The quantitative estimate of drug-likeness (QED) is 0.550. The Morgan fingerprint density at radius 3 is 2.00 bits per heavy atom. The fourth-order valence-corrected chi connectivity index (χ4v) is 0.914. The molecule has 0 unspecified atom stereocenters. The zero-order valence-electron chi connectivity index (χ0n) is 4.48. The highest BCUT2D eigenvalue weighted by Crippen LogP contribution is 2.30. The van der Waals surface area contributed by atoms with Crippen LogP contribution in [0.3, 0.4) is 0 Å². The van der Waals surface area contributed by atoms with Crippen molar-refractivity contribution in [2.75, 3.05) is 0 Å². The predicted molar refractivity (Wildman–Crippen MR) is 26.7 cm³/mol. The van der Waals surface area contributed by atoms with Crippen molar-refractivity contribution in [3.63, 3.8) is 0 Å². The minimum Gasteiger partial charge on any atom is -0.328 e. The van der Waals surface area contributed by atoms with Gasteiger partial charge < -0.3 is 5.73 Å². The molecule has 0 spiro atoms. The molecule has 1 fully saturated rings. The van der Waals surface area contributed by atoms with Gasteiger partial charge in [-0.05, 0) is 12.8 Å². The third-order valence-electron chi connectivity index (χ3n) is 1.57. The first-order valence-corrected chi connectivity index (χ1v) is 2.74. The summed E-state index contributed by atoms with van der Waals surface area (Å²) in [7, 11) is 0. The smallest absolute Gasteiger partial charge is 0.241 e. The van der Waals surface area contributed by atoms with Crippen molar-refractivity contribution < 1.29 is 8.78 Å². The molecule has 1 nitrogen and oxygen atoms in total. The van der Waals surface area contributed by atoms with Gasteiger partial charge in [-0.1, -0.05) is 0 Å². The Bertz CT molecular complexity index is 78.5. The van der Waals surface area contributed by atoms with Crippen LogP contribution in [-0.2, 0) is 0 Å². The van der Waals surface area contributed by atoms with Gasteiger partial charge in [0.25, 0.3) is 0 Å². The second kappa shape index (κ2) is 1.97. The van der Waals surface area contributed by atoms with E-state index >= 15 is 0 Å². The zero-order valence-corrected chi connectivity index (χ0v) is 4.48. The lowest BCUT2D eigenvalue weighted by atomic mass is 9.81. The summed E-state index contributed by atoms with van der Waals surface area (Å²) < 4.78 is 23.2. The molecule has 0 heterocycles. The van der Waals surface area contributed by atoms with Crippen molar-refractivity contribution in [2.45, 2.75) is 25.3 Å². The van der Waals surface area contributed by atoms with Crippen molar-refractivity contribution in [1.29, 1.82) is 0 Å². The van der Waals surface area contributed by atoms with Gasteiger partial charge in [0.1, 0.15) is 0 Å². The highest BCUT2D eigenvalue weighted by Gasteiger charge is 2.32. The van der Waals surface area contributed by atoms with Gasteiger partial charge in [-0.25, -0.2) is 8.78 Å². The van der Waals surface area contributed by atoms with E-state index < -0.39 is 12.3 Å². The van der Waals surface area contributed by atoms with Gasteiger partial charge in [0.15, 0.2) is 0 Å². The Morgan fingerprint density at radius 2 is 1.88 bits per heavy atom. The molecular weight excluding hydrogens is 112 g/mol. The lowest BCUT2D eigenvalue weighted by molar-refractivity contribution is 0.0242. The van der Waals surface area contributed by atoms with E-state index in [1.54, 1.807) is 0 Å². The van der Waals surface area contributed by atoms with E-state index in [9.17, 15) is 8.78 Å². The summed E-state index contributed by atoms with van der Waals surface area (Å²) in [5.41, 5.74) is 5.27. The van der Waals surface area contributed by atoms with Crippen LogP contribution in [0.5, 0.6) is 0 Å². The largest absolute Gasteiger partial charge is 0.328 e. The van der Waals surface area contributed by atoms with E-state index in [4.69, 9.17) is 5.73 Å². The number of alkyl halides is 2. The Hall–Kier alpha value is -0.180. The summed E-state index contributed by atoms with van der Waals surface area (Å²) in [4.78, 5) is 0. The molecule has 0 aromatic rings. The lowest BCUT2D eigenvalue weighted by Gasteiger charge is -2.31. The molecule has 1 saturated carbocycles. The van der Waals surface area contributed by atoms with E-state index in [-0.39, 0.29) is 6.04 Å².